The minimum absolute atomic E-state index is 0.350. The Morgan fingerprint density at radius 3 is 1.66 bits per heavy atom. The van der Waals surface area contributed by atoms with Gasteiger partial charge in [0.25, 0.3) is 0 Å². The fraction of sp³-hybridized carbons (Fsp3) is 0.0175. The van der Waals surface area contributed by atoms with E-state index in [1.54, 1.807) is 18.3 Å². The van der Waals surface area contributed by atoms with Crippen molar-refractivity contribution in [1.82, 2.24) is 19.9 Å². The van der Waals surface area contributed by atoms with Crippen molar-refractivity contribution in [3.05, 3.63) is 229 Å². The lowest BCUT2D eigenvalue weighted by Crippen LogP contribution is -2.29. The van der Waals surface area contributed by atoms with E-state index in [-0.39, 0.29) is 0 Å². The number of fused-ring (bicyclic) bond motifs is 15. The third kappa shape index (κ3) is 5.16. The van der Waals surface area contributed by atoms with E-state index in [1.165, 1.54) is 0 Å². The van der Waals surface area contributed by atoms with Crippen molar-refractivity contribution in [3.8, 4) is 89.7 Å². The SMILES string of the molecule is O=S1(=O)c2ccccc2-c2cc3c(cc21)-c1ccccc1C31c2ccccc2-c2ccccc2-c2ccc(-c3cc(-c4ccccc4)nc(-c4ccc(-c5cccnc5)nc4)n3)cc21. The van der Waals surface area contributed by atoms with Crippen LogP contribution in [-0.2, 0) is 15.3 Å². The average molecular weight is 839 g/mol. The number of hydrogen-bond acceptors (Lipinski definition) is 6. The van der Waals surface area contributed by atoms with Crippen LogP contribution in [0.3, 0.4) is 0 Å². The lowest BCUT2D eigenvalue weighted by molar-refractivity contribution is 0.598. The predicted octanol–water partition coefficient (Wildman–Crippen LogP) is 12.8. The molecule has 2 aliphatic carbocycles. The Balaban J connectivity index is 1.10. The first-order valence-electron chi connectivity index (χ1n) is 21.3. The lowest BCUT2D eigenvalue weighted by Gasteiger charge is -2.36. The van der Waals surface area contributed by atoms with Gasteiger partial charge in [-0.2, -0.15) is 0 Å². The van der Waals surface area contributed by atoms with Gasteiger partial charge in [0.2, 0.25) is 9.84 Å². The molecule has 3 aromatic heterocycles. The molecule has 4 heterocycles. The van der Waals surface area contributed by atoms with Crippen LogP contribution >= 0.6 is 0 Å². The zero-order valence-corrected chi connectivity index (χ0v) is 35.0. The summed E-state index contributed by atoms with van der Waals surface area (Å²) < 4.78 is 28.6. The van der Waals surface area contributed by atoms with E-state index in [0.717, 1.165) is 106 Å². The molecule has 1 spiro atoms. The average Bonchev–Trinajstić information content (AvgIpc) is 3.73. The van der Waals surface area contributed by atoms with E-state index in [4.69, 9.17) is 15.0 Å². The molecule has 1 unspecified atom stereocenters. The predicted molar refractivity (Wildman–Crippen MR) is 252 cm³/mol. The number of aromatic nitrogens is 4. The van der Waals surface area contributed by atoms with Crippen LogP contribution in [-0.4, -0.2) is 28.4 Å². The maximum atomic E-state index is 14.3. The van der Waals surface area contributed by atoms with Gasteiger partial charge < -0.3 is 0 Å². The molecule has 7 aromatic carbocycles. The molecule has 64 heavy (non-hydrogen) atoms. The van der Waals surface area contributed by atoms with E-state index in [2.05, 4.69) is 120 Å². The smallest absolute Gasteiger partial charge is 0.207 e. The van der Waals surface area contributed by atoms with Gasteiger partial charge in [0, 0.05) is 52.0 Å². The number of pyridine rings is 2. The number of rotatable bonds is 4. The Bertz CT molecular complexity index is 3680. The minimum atomic E-state index is -3.74. The Labute approximate surface area is 370 Å². The maximum absolute atomic E-state index is 14.3. The molecule has 7 heteroatoms. The molecule has 6 nitrogen and oxygen atoms in total. The van der Waals surface area contributed by atoms with Crippen molar-refractivity contribution < 1.29 is 8.42 Å². The van der Waals surface area contributed by atoms with Gasteiger partial charge in [0.05, 0.1) is 32.3 Å². The summed E-state index contributed by atoms with van der Waals surface area (Å²) in [5, 5.41) is 0. The van der Waals surface area contributed by atoms with Gasteiger partial charge in [-0.3, -0.25) is 9.97 Å². The highest BCUT2D eigenvalue weighted by molar-refractivity contribution is 7.92. The fourth-order valence-electron chi connectivity index (χ4n) is 10.4. The van der Waals surface area contributed by atoms with Crippen molar-refractivity contribution >= 4 is 9.84 Å². The second kappa shape index (κ2) is 13.7. The Kier molecular flexibility index (Phi) is 7.81. The van der Waals surface area contributed by atoms with Crippen LogP contribution in [0.2, 0.25) is 0 Å². The van der Waals surface area contributed by atoms with Crippen molar-refractivity contribution in [2.24, 2.45) is 0 Å². The molecule has 0 radical (unpaired) electrons. The molecular formula is C57H34N4O2S. The van der Waals surface area contributed by atoms with Gasteiger partial charge in [-0.15, -0.1) is 0 Å². The zero-order valence-electron chi connectivity index (χ0n) is 34.1. The largest absolute Gasteiger partial charge is 0.264 e. The molecule has 300 valence electrons. The van der Waals surface area contributed by atoms with Crippen LogP contribution in [0.1, 0.15) is 22.3 Å². The standard InChI is InChI=1S/C57H34N4O2S/c62-64(63)54-23-11-8-20-44(54)46-30-50-45(31-55(46)64)42-19-7-10-22-48(42)57(50)47-21-9-6-18-41(47)39-16-4-5-17-40(39)43-26-24-36(29-49(43)57)53-32-52(35-13-2-1-3-14-35)60-56(61-53)38-25-27-51(59-34-38)37-15-12-28-58-33-37/h1-34H. The summed E-state index contributed by atoms with van der Waals surface area (Å²) in [6.07, 6.45) is 5.40. The van der Waals surface area contributed by atoms with Crippen molar-refractivity contribution in [2.75, 3.05) is 0 Å². The van der Waals surface area contributed by atoms with E-state index in [9.17, 15) is 8.42 Å². The molecule has 0 amide bonds. The van der Waals surface area contributed by atoms with Gasteiger partial charge in [0.1, 0.15) is 0 Å². The number of hydrogen-bond donors (Lipinski definition) is 0. The topological polar surface area (TPSA) is 85.7 Å². The third-order valence-corrected chi connectivity index (χ3v) is 15.1. The fourth-order valence-corrected chi connectivity index (χ4v) is 12.1. The molecule has 1 aliphatic heterocycles. The van der Waals surface area contributed by atoms with Gasteiger partial charge in [-0.25, -0.2) is 18.4 Å². The van der Waals surface area contributed by atoms with Crippen LogP contribution < -0.4 is 0 Å². The van der Waals surface area contributed by atoms with E-state index < -0.39 is 15.3 Å². The Hall–Kier alpha value is -8.13. The quantitative estimate of drug-likeness (QED) is 0.175. The van der Waals surface area contributed by atoms with Gasteiger partial charge in [0.15, 0.2) is 5.82 Å². The summed E-state index contributed by atoms with van der Waals surface area (Å²) in [6, 6.07) is 64.4. The van der Waals surface area contributed by atoms with Crippen LogP contribution in [0.4, 0.5) is 0 Å². The van der Waals surface area contributed by atoms with E-state index >= 15 is 0 Å². The summed E-state index contributed by atoms with van der Waals surface area (Å²) in [5.41, 5.74) is 17.4. The van der Waals surface area contributed by atoms with Crippen molar-refractivity contribution in [3.63, 3.8) is 0 Å². The first-order chi connectivity index (χ1) is 31.5. The number of sulfone groups is 1. The van der Waals surface area contributed by atoms with Crippen LogP contribution in [0.5, 0.6) is 0 Å². The first kappa shape index (κ1) is 36.5. The van der Waals surface area contributed by atoms with Gasteiger partial charge >= 0.3 is 0 Å². The summed E-state index contributed by atoms with van der Waals surface area (Å²) >= 11 is 0. The number of nitrogens with zero attached hydrogens (tertiary/aromatic N) is 4. The molecule has 0 saturated heterocycles. The maximum Gasteiger partial charge on any atom is 0.207 e. The van der Waals surface area contributed by atoms with Crippen LogP contribution in [0.25, 0.3) is 89.7 Å². The molecule has 0 bridgehead atoms. The monoisotopic (exact) mass is 838 g/mol. The Morgan fingerprint density at radius 2 is 0.953 bits per heavy atom. The van der Waals surface area contributed by atoms with E-state index in [1.807, 2.05) is 73.1 Å². The second-order valence-electron chi connectivity index (χ2n) is 16.5. The number of benzene rings is 7. The third-order valence-electron chi connectivity index (χ3n) is 13.2. The molecular weight excluding hydrogens is 805 g/mol. The Morgan fingerprint density at radius 1 is 0.359 bits per heavy atom. The summed E-state index contributed by atoms with van der Waals surface area (Å²) in [7, 11) is -3.74. The highest BCUT2D eigenvalue weighted by atomic mass is 32.2. The molecule has 13 rings (SSSR count). The van der Waals surface area contributed by atoms with Crippen LogP contribution in [0, 0.1) is 0 Å². The molecule has 0 fully saturated rings. The highest BCUT2D eigenvalue weighted by Gasteiger charge is 2.51. The minimum Gasteiger partial charge on any atom is -0.264 e. The molecule has 1 atom stereocenters. The molecule has 0 N–H and O–H groups in total. The van der Waals surface area contributed by atoms with E-state index in [0.29, 0.717) is 15.6 Å². The summed E-state index contributed by atoms with van der Waals surface area (Å²) in [5.74, 6) is 0.564. The van der Waals surface area contributed by atoms with Crippen molar-refractivity contribution in [1.29, 1.82) is 0 Å². The summed E-state index contributed by atoms with van der Waals surface area (Å²) in [4.78, 5) is 20.3. The molecule has 0 saturated carbocycles. The molecule has 10 aromatic rings. The molecule has 3 aliphatic rings. The van der Waals surface area contributed by atoms with Gasteiger partial charge in [-0.05, 0) is 110 Å². The first-order valence-corrected chi connectivity index (χ1v) is 22.8. The lowest BCUT2D eigenvalue weighted by atomic mass is 9.65. The highest BCUT2D eigenvalue weighted by Crippen LogP contribution is 2.63. The zero-order chi connectivity index (χ0) is 42.6. The van der Waals surface area contributed by atoms with Crippen LogP contribution in [0.15, 0.2) is 216 Å². The summed E-state index contributed by atoms with van der Waals surface area (Å²) in [6.45, 7) is 0. The normalized spacial score (nSPS) is 15.5. The second-order valence-corrected chi connectivity index (χ2v) is 18.4. The van der Waals surface area contributed by atoms with Crippen molar-refractivity contribution in [2.45, 2.75) is 15.2 Å². The van der Waals surface area contributed by atoms with Gasteiger partial charge in [-0.1, -0.05) is 133 Å².